The summed E-state index contributed by atoms with van der Waals surface area (Å²) >= 11 is 0. The van der Waals surface area contributed by atoms with E-state index in [4.69, 9.17) is 5.73 Å². The molecule has 5 nitrogen and oxygen atoms in total. The van der Waals surface area contributed by atoms with E-state index in [1.165, 1.54) is 0 Å². The van der Waals surface area contributed by atoms with E-state index in [1.54, 1.807) is 4.68 Å². The monoisotopic (exact) mass is 238 g/mol. The molecule has 96 valence electrons. The third-order valence-electron chi connectivity index (χ3n) is 2.83. The van der Waals surface area contributed by atoms with Crippen molar-refractivity contribution in [1.29, 1.82) is 0 Å². The predicted molar refractivity (Wildman–Crippen MR) is 67.3 cm³/mol. The number of amides is 1. The molecule has 1 unspecified atom stereocenters. The Morgan fingerprint density at radius 1 is 1.65 bits per heavy atom. The Bertz CT molecular complexity index is 373. The second-order valence-electron chi connectivity index (χ2n) is 4.32. The summed E-state index contributed by atoms with van der Waals surface area (Å²) in [5.74, 6) is 0.0307. The summed E-state index contributed by atoms with van der Waals surface area (Å²) in [6.07, 6.45) is 3.55. The van der Waals surface area contributed by atoms with E-state index >= 15 is 0 Å². The Labute approximate surface area is 102 Å². The van der Waals surface area contributed by atoms with Crippen LogP contribution in [0.5, 0.6) is 0 Å². The van der Waals surface area contributed by atoms with Crippen LogP contribution in [0.1, 0.15) is 31.5 Å². The summed E-state index contributed by atoms with van der Waals surface area (Å²) in [6.45, 7) is 5.04. The zero-order valence-electron chi connectivity index (χ0n) is 10.9. The van der Waals surface area contributed by atoms with Crippen LogP contribution in [-0.2, 0) is 24.8 Å². The zero-order valence-corrected chi connectivity index (χ0v) is 10.9. The number of nitrogens with two attached hydrogens (primary N) is 1. The van der Waals surface area contributed by atoms with Crippen molar-refractivity contribution in [2.45, 2.75) is 33.2 Å². The fourth-order valence-electron chi connectivity index (χ4n) is 1.77. The van der Waals surface area contributed by atoms with Crippen molar-refractivity contribution in [3.63, 3.8) is 0 Å². The lowest BCUT2D eigenvalue weighted by molar-refractivity contribution is -0.124. The van der Waals surface area contributed by atoms with E-state index in [0.717, 1.165) is 24.1 Å². The number of aryl methyl sites for hydroxylation is 2. The van der Waals surface area contributed by atoms with Crippen LogP contribution in [0.15, 0.2) is 6.20 Å². The molecule has 17 heavy (non-hydrogen) atoms. The molecule has 1 aromatic heterocycles. The molecule has 1 aromatic rings. The largest absolute Gasteiger partial charge is 0.352 e. The minimum absolute atomic E-state index is 0.0262. The van der Waals surface area contributed by atoms with Crippen molar-refractivity contribution in [2.75, 3.05) is 6.54 Å². The first-order chi connectivity index (χ1) is 8.08. The second kappa shape index (κ2) is 6.39. The smallest absolute Gasteiger partial charge is 0.223 e. The number of nitrogens with one attached hydrogen (secondary N) is 1. The van der Waals surface area contributed by atoms with Gasteiger partial charge < -0.3 is 11.1 Å². The third-order valence-corrected chi connectivity index (χ3v) is 2.83. The topological polar surface area (TPSA) is 72.9 Å². The van der Waals surface area contributed by atoms with Crippen LogP contribution in [0.25, 0.3) is 0 Å². The van der Waals surface area contributed by atoms with Crippen molar-refractivity contribution in [1.82, 2.24) is 15.1 Å². The molecule has 0 saturated carbocycles. The van der Waals surface area contributed by atoms with E-state index in [9.17, 15) is 4.79 Å². The molecule has 0 aliphatic rings. The van der Waals surface area contributed by atoms with Crippen molar-refractivity contribution in [3.8, 4) is 0 Å². The van der Waals surface area contributed by atoms with Crippen LogP contribution in [-0.4, -0.2) is 22.2 Å². The first-order valence-electron chi connectivity index (χ1n) is 6.07. The highest BCUT2D eigenvalue weighted by atomic mass is 16.1. The van der Waals surface area contributed by atoms with Gasteiger partial charge in [-0.25, -0.2) is 0 Å². The van der Waals surface area contributed by atoms with Crippen LogP contribution in [0, 0.1) is 5.92 Å². The summed E-state index contributed by atoms with van der Waals surface area (Å²) in [6, 6.07) is 0. The van der Waals surface area contributed by atoms with Gasteiger partial charge in [-0.05, 0) is 19.4 Å². The van der Waals surface area contributed by atoms with Gasteiger partial charge in [0.2, 0.25) is 5.91 Å². The van der Waals surface area contributed by atoms with E-state index in [0.29, 0.717) is 13.1 Å². The Hall–Kier alpha value is -1.36. The Morgan fingerprint density at radius 3 is 2.94 bits per heavy atom. The van der Waals surface area contributed by atoms with Crippen molar-refractivity contribution in [2.24, 2.45) is 18.7 Å². The van der Waals surface area contributed by atoms with E-state index < -0.39 is 0 Å². The fraction of sp³-hybridized carbons (Fsp3) is 0.667. The average molecular weight is 238 g/mol. The van der Waals surface area contributed by atoms with Crippen LogP contribution in [0.4, 0.5) is 0 Å². The molecule has 0 saturated heterocycles. The molecule has 0 aliphatic heterocycles. The van der Waals surface area contributed by atoms with Gasteiger partial charge in [0, 0.05) is 31.3 Å². The zero-order chi connectivity index (χ0) is 12.8. The van der Waals surface area contributed by atoms with Crippen molar-refractivity contribution >= 4 is 5.91 Å². The molecule has 0 fully saturated rings. The molecule has 1 atom stereocenters. The Kier molecular flexibility index (Phi) is 5.15. The Balaban J connectivity index is 2.52. The first-order valence-corrected chi connectivity index (χ1v) is 6.07. The number of carbonyl (C=O) groups is 1. The lowest BCUT2D eigenvalue weighted by Crippen LogP contribution is -2.30. The molecule has 0 radical (unpaired) electrons. The average Bonchev–Trinajstić information content (AvgIpc) is 2.66. The van der Waals surface area contributed by atoms with Gasteiger partial charge in [0.05, 0.1) is 5.69 Å². The lowest BCUT2D eigenvalue weighted by Gasteiger charge is -2.10. The van der Waals surface area contributed by atoms with Gasteiger partial charge in [-0.3, -0.25) is 9.48 Å². The number of aromatic nitrogens is 2. The highest BCUT2D eigenvalue weighted by molar-refractivity contribution is 5.78. The maximum atomic E-state index is 11.7. The Morgan fingerprint density at radius 2 is 2.35 bits per heavy atom. The first kappa shape index (κ1) is 13.7. The van der Waals surface area contributed by atoms with E-state index in [1.807, 2.05) is 20.2 Å². The summed E-state index contributed by atoms with van der Waals surface area (Å²) < 4.78 is 1.78. The van der Waals surface area contributed by atoms with E-state index in [2.05, 4.69) is 17.3 Å². The molecule has 1 amide bonds. The summed E-state index contributed by atoms with van der Waals surface area (Å²) in [4.78, 5) is 11.7. The summed E-state index contributed by atoms with van der Waals surface area (Å²) in [7, 11) is 1.89. The summed E-state index contributed by atoms with van der Waals surface area (Å²) in [5.41, 5.74) is 7.56. The van der Waals surface area contributed by atoms with Crippen LogP contribution >= 0.6 is 0 Å². The standard InChI is InChI=1S/C12H22N4O/c1-4-11-10(8-16(3)15-11)7-14-12(17)9(2)5-6-13/h8-9H,4-7,13H2,1-3H3,(H,14,17). The molecule has 0 aromatic carbocycles. The quantitative estimate of drug-likeness (QED) is 0.761. The minimum Gasteiger partial charge on any atom is -0.352 e. The predicted octanol–water partition coefficient (Wildman–Crippen LogP) is 0.584. The molecular weight excluding hydrogens is 216 g/mol. The number of nitrogens with zero attached hydrogens (tertiary/aromatic N) is 2. The van der Waals surface area contributed by atoms with Crippen LogP contribution < -0.4 is 11.1 Å². The maximum Gasteiger partial charge on any atom is 0.223 e. The molecule has 1 rings (SSSR count). The van der Waals surface area contributed by atoms with Gasteiger partial charge in [0.15, 0.2) is 0 Å². The highest BCUT2D eigenvalue weighted by Gasteiger charge is 2.12. The molecule has 5 heteroatoms. The number of hydrogen-bond donors (Lipinski definition) is 2. The van der Waals surface area contributed by atoms with Crippen LogP contribution in [0.2, 0.25) is 0 Å². The molecule has 0 spiro atoms. The van der Waals surface area contributed by atoms with Gasteiger partial charge in [0.25, 0.3) is 0 Å². The number of rotatable bonds is 6. The summed E-state index contributed by atoms with van der Waals surface area (Å²) in [5, 5.41) is 7.26. The van der Waals surface area contributed by atoms with Crippen molar-refractivity contribution in [3.05, 3.63) is 17.5 Å². The highest BCUT2D eigenvalue weighted by Crippen LogP contribution is 2.07. The fourth-order valence-corrected chi connectivity index (χ4v) is 1.77. The third kappa shape index (κ3) is 3.85. The maximum absolute atomic E-state index is 11.7. The van der Waals surface area contributed by atoms with Gasteiger partial charge >= 0.3 is 0 Å². The van der Waals surface area contributed by atoms with Gasteiger partial charge in [-0.2, -0.15) is 5.10 Å². The lowest BCUT2D eigenvalue weighted by atomic mass is 10.1. The number of hydrogen-bond acceptors (Lipinski definition) is 3. The molecule has 0 bridgehead atoms. The van der Waals surface area contributed by atoms with Gasteiger partial charge in [-0.1, -0.05) is 13.8 Å². The SMILES string of the molecule is CCc1nn(C)cc1CNC(=O)C(C)CCN. The number of carbonyl (C=O) groups excluding carboxylic acids is 1. The normalized spacial score (nSPS) is 12.5. The molecule has 0 aliphatic carbocycles. The van der Waals surface area contributed by atoms with Gasteiger partial charge in [-0.15, -0.1) is 0 Å². The molecule has 1 heterocycles. The molecular formula is C12H22N4O. The van der Waals surface area contributed by atoms with E-state index in [-0.39, 0.29) is 11.8 Å². The van der Waals surface area contributed by atoms with Gasteiger partial charge in [0.1, 0.15) is 0 Å². The minimum atomic E-state index is -0.0262. The van der Waals surface area contributed by atoms with Crippen molar-refractivity contribution < 1.29 is 4.79 Å². The molecule has 3 N–H and O–H groups in total. The second-order valence-corrected chi connectivity index (χ2v) is 4.32. The van der Waals surface area contributed by atoms with Crippen LogP contribution in [0.3, 0.4) is 0 Å².